The van der Waals surface area contributed by atoms with Crippen molar-refractivity contribution in [2.75, 3.05) is 0 Å². The van der Waals surface area contributed by atoms with Gasteiger partial charge in [0.15, 0.2) is 0 Å². The molecule has 3 rings (SSSR count). The van der Waals surface area contributed by atoms with Crippen molar-refractivity contribution in [1.82, 2.24) is 0 Å². The van der Waals surface area contributed by atoms with Crippen molar-refractivity contribution >= 4 is 0 Å². The molecule has 0 radical (unpaired) electrons. The first-order valence-corrected chi connectivity index (χ1v) is 11.3. The molecule has 1 nitrogen and oxygen atoms in total. The van der Waals surface area contributed by atoms with Crippen molar-refractivity contribution in [1.29, 1.82) is 5.26 Å². The summed E-state index contributed by atoms with van der Waals surface area (Å²) in [6.45, 7) is 4.78. The monoisotopic (exact) mass is 373 g/mol. The van der Waals surface area contributed by atoms with Crippen LogP contribution in [0.1, 0.15) is 88.7 Å². The van der Waals surface area contributed by atoms with Crippen LogP contribution in [0, 0.1) is 23.2 Å². The van der Waals surface area contributed by atoms with E-state index in [0.29, 0.717) is 0 Å². The fraction of sp³-hybridized carbons (Fsp3) is 0.519. The van der Waals surface area contributed by atoms with Crippen LogP contribution in [0.15, 0.2) is 48.5 Å². The van der Waals surface area contributed by atoms with E-state index in [2.05, 4.69) is 44.2 Å². The summed E-state index contributed by atoms with van der Waals surface area (Å²) in [4.78, 5) is 0. The third-order valence-electron chi connectivity index (χ3n) is 6.82. The van der Waals surface area contributed by atoms with E-state index in [1.54, 1.807) is 0 Å². The Kier molecular flexibility index (Phi) is 7.72. The van der Waals surface area contributed by atoms with E-state index < -0.39 is 0 Å². The predicted octanol–water partition coefficient (Wildman–Crippen LogP) is 8.11. The Hall–Kier alpha value is -2.07. The fourth-order valence-electron chi connectivity index (χ4n) is 4.84. The van der Waals surface area contributed by atoms with Gasteiger partial charge >= 0.3 is 0 Å². The molecule has 1 aliphatic carbocycles. The Balaban J connectivity index is 1.51. The van der Waals surface area contributed by atoms with Crippen LogP contribution >= 0.6 is 0 Å². The van der Waals surface area contributed by atoms with Crippen molar-refractivity contribution in [2.24, 2.45) is 11.8 Å². The molecule has 2 aromatic rings. The van der Waals surface area contributed by atoms with Gasteiger partial charge in [-0.25, -0.2) is 0 Å². The summed E-state index contributed by atoms with van der Waals surface area (Å²) in [5.74, 6) is 2.57. The molecule has 1 aliphatic rings. The first kappa shape index (κ1) is 20.7. The van der Waals surface area contributed by atoms with Gasteiger partial charge in [0.2, 0.25) is 0 Å². The fourth-order valence-corrected chi connectivity index (χ4v) is 4.84. The van der Waals surface area contributed by atoms with Crippen molar-refractivity contribution < 1.29 is 0 Å². The second-order valence-electron chi connectivity index (χ2n) is 8.75. The van der Waals surface area contributed by atoms with Crippen LogP contribution in [0.3, 0.4) is 0 Å². The maximum absolute atomic E-state index is 8.95. The van der Waals surface area contributed by atoms with Crippen molar-refractivity contribution in [3.8, 4) is 17.2 Å². The summed E-state index contributed by atoms with van der Waals surface area (Å²) >= 11 is 0. The Morgan fingerprint density at radius 2 is 1.46 bits per heavy atom. The number of hydrogen-bond acceptors (Lipinski definition) is 1. The van der Waals surface area contributed by atoms with Gasteiger partial charge in [-0.3, -0.25) is 0 Å². The van der Waals surface area contributed by atoms with Crippen LogP contribution in [0.4, 0.5) is 0 Å². The molecule has 0 aromatic heterocycles. The van der Waals surface area contributed by atoms with Crippen LogP contribution in [0.25, 0.3) is 11.1 Å². The lowest BCUT2D eigenvalue weighted by atomic mass is 9.73. The molecule has 0 heterocycles. The van der Waals surface area contributed by atoms with Crippen molar-refractivity contribution in [3.63, 3.8) is 0 Å². The number of nitriles is 1. The van der Waals surface area contributed by atoms with Gasteiger partial charge in [-0.2, -0.15) is 5.26 Å². The average molecular weight is 374 g/mol. The molecule has 0 bridgehead atoms. The molecule has 0 spiro atoms. The van der Waals surface area contributed by atoms with E-state index in [-0.39, 0.29) is 0 Å². The zero-order valence-electron chi connectivity index (χ0n) is 17.7. The van der Waals surface area contributed by atoms with Gasteiger partial charge in [0.25, 0.3) is 0 Å². The molecule has 1 fully saturated rings. The molecule has 148 valence electrons. The first-order chi connectivity index (χ1) is 13.7. The zero-order valence-corrected chi connectivity index (χ0v) is 17.7. The summed E-state index contributed by atoms with van der Waals surface area (Å²) in [6, 6.07) is 19.2. The van der Waals surface area contributed by atoms with Crippen LogP contribution in [0.2, 0.25) is 0 Å². The second kappa shape index (κ2) is 10.5. The molecule has 1 unspecified atom stereocenters. The Labute approximate surface area is 171 Å². The molecule has 0 N–H and O–H groups in total. The topological polar surface area (TPSA) is 23.8 Å². The highest BCUT2D eigenvalue weighted by Gasteiger charge is 2.25. The van der Waals surface area contributed by atoms with E-state index in [4.69, 9.17) is 5.26 Å². The van der Waals surface area contributed by atoms with Gasteiger partial charge < -0.3 is 0 Å². The molecule has 1 heteroatoms. The number of rotatable bonds is 8. The number of hydrogen-bond donors (Lipinski definition) is 0. The number of benzene rings is 2. The Morgan fingerprint density at radius 1 is 0.857 bits per heavy atom. The van der Waals surface area contributed by atoms with E-state index in [0.717, 1.165) is 23.3 Å². The summed E-state index contributed by atoms with van der Waals surface area (Å²) in [6.07, 6.45) is 12.5. The molecule has 28 heavy (non-hydrogen) atoms. The molecule has 0 saturated heterocycles. The summed E-state index contributed by atoms with van der Waals surface area (Å²) < 4.78 is 0. The standard InChI is InChI=1S/C27H35N/c1-3-4-5-6-7-21(2)23-12-14-25(15-13-23)27-18-16-26(17-19-27)24-10-8-22(20-28)9-11-24/h8-11,16-19,21,23,25H,3-7,12-15H2,1-2H3/t21?,23-,25-. The highest BCUT2D eigenvalue weighted by atomic mass is 14.3. The third-order valence-corrected chi connectivity index (χ3v) is 6.82. The van der Waals surface area contributed by atoms with Gasteiger partial charge in [-0.1, -0.05) is 82.3 Å². The average Bonchev–Trinajstić information content (AvgIpc) is 2.77. The predicted molar refractivity (Wildman–Crippen MR) is 119 cm³/mol. The third kappa shape index (κ3) is 5.48. The highest BCUT2D eigenvalue weighted by Crippen LogP contribution is 2.40. The lowest BCUT2D eigenvalue weighted by molar-refractivity contribution is 0.231. The van der Waals surface area contributed by atoms with Crippen molar-refractivity contribution in [3.05, 3.63) is 59.7 Å². The first-order valence-electron chi connectivity index (χ1n) is 11.3. The molecule has 2 aromatic carbocycles. The molecule has 0 amide bonds. The van der Waals surface area contributed by atoms with E-state index in [9.17, 15) is 0 Å². The van der Waals surface area contributed by atoms with E-state index in [1.807, 2.05) is 24.3 Å². The minimum Gasteiger partial charge on any atom is -0.192 e. The molecule has 1 saturated carbocycles. The summed E-state index contributed by atoms with van der Waals surface area (Å²) in [5.41, 5.74) is 4.65. The lowest BCUT2D eigenvalue weighted by Gasteiger charge is -2.32. The van der Waals surface area contributed by atoms with Gasteiger partial charge in [0, 0.05) is 0 Å². The maximum atomic E-state index is 8.95. The normalized spacial score (nSPS) is 20.5. The number of unbranched alkanes of at least 4 members (excludes halogenated alkanes) is 3. The zero-order chi connectivity index (χ0) is 19.8. The van der Waals surface area contributed by atoms with Crippen LogP contribution in [-0.2, 0) is 0 Å². The van der Waals surface area contributed by atoms with Crippen LogP contribution in [-0.4, -0.2) is 0 Å². The van der Waals surface area contributed by atoms with Crippen LogP contribution in [0.5, 0.6) is 0 Å². The van der Waals surface area contributed by atoms with Crippen LogP contribution < -0.4 is 0 Å². The van der Waals surface area contributed by atoms with E-state index >= 15 is 0 Å². The molecular weight excluding hydrogens is 338 g/mol. The Morgan fingerprint density at radius 3 is 2.04 bits per heavy atom. The second-order valence-corrected chi connectivity index (χ2v) is 8.75. The molecule has 0 aliphatic heterocycles. The molecular formula is C27H35N. The van der Waals surface area contributed by atoms with Gasteiger partial charge in [-0.05, 0) is 72.3 Å². The van der Waals surface area contributed by atoms with Gasteiger partial charge in [-0.15, -0.1) is 0 Å². The summed E-state index contributed by atoms with van der Waals surface area (Å²) in [5, 5.41) is 8.95. The van der Waals surface area contributed by atoms with E-state index in [1.165, 1.54) is 74.5 Å². The number of nitrogens with zero attached hydrogens (tertiary/aromatic N) is 1. The quantitative estimate of drug-likeness (QED) is 0.429. The van der Waals surface area contributed by atoms with Crippen molar-refractivity contribution in [2.45, 2.75) is 77.6 Å². The minimum atomic E-state index is 0.719. The maximum Gasteiger partial charge on any atom is 0.0991 e. The largest absolute Gasteiger partial charge is 0.192 e. The van der Waals surface area contributed by atoms with Gasteiger partial charge in [0.05, 0.1) is 11.6 Å². The SMILES string of the molecule is CCCCCCC(C)[C@H]1CC[C@H](c2ccc(-c3ccc(C#N)cc3)cc2)CC1. The smallest absolute Gasteiger partial charge is 0.0991 e. The molecule has 1 atom stereocenters. The minimum absolute atomic E-state index is 0.719. The summed E-state index contributed by atoms with van der Waals surface area (Å²) in [7, 11) is 0. The Bertz CT molecular complexity index is 742. The lowest BCUT2D eigenvalue weighted by Crippen LogP contribution is -2.19. The van der Waals surface area contributed by atoms with Gasteiger partial charge in [0.1, 0.15) is 0 Å². The highest BCUT2D eigenvalue weighted by molar-refractivity contribution is 5.64.